The van der Waals surface area contributed by atoms with E-state index < -0.39 is 0 Å². The van der Waals surface area contributed by atoms with Gasteiger partial charge in [-0.05, 0) is 24.3 Å². The zero-order valence-electron chi connectivity index (χ0n) is 9.32. The topological polar surface area (TPSA) is 25.8 Å². The van der Waals surface area contributed by atoms with Gasteiger partial charge in [0.15, 0.2) is 0 Å². The van der Waals surface area contributed by atoms with Crippen LogP contribution in [0, 0.1) is 0 Å². The Labute approximate surface area is 100 Å². The number of allylic oxidation sites excluding steroid dienone is 4. The standard InChI is InChI=1S/C15H12N2/c1-5-11-16-13(7-1)15(9-3-4-10-15)14-8-2-6-12-17-14/h1-12H. The molecule has 2 aromatic rings. The average molecular weight is 220 g/mol. The molecule has 3 rings (SSSR count). The fourth-order valence-corrected chi connectivity index (χ4v) is 2.16. The first kappa shape index (κ1) is 9.97. The smallest absolute Gasteiger partial charge is 0.0913 e. The van der Waals surface area contributed by atoms with Crippen LogP contribution in [0.25, 0.3) is 0 Å². The van der Waals surface area contributed by atoms with Crippen LogP contribution in [0.3, 0.4) is 0 Å². The normalized spacial score (nSPS) is 16.2. The zero-order chi connectivity index (χ0) is 11.6. The summed E-state index contributed by atoms with van der Waals surface area (Å²) in [5, 5.41) is 0. The van der Waals surface area contributed by atoms with Gasteiger partial charge in [0.1, 0.15) is 0 Å². The van der Waals surface area contributed by atoms with Crippen molar-refractivity contribution >= 4 is 0 Å². The number of hydrogen-bond donors (Lipinski definition) is 0. The molecule has 0 radical (unpaired) electrons. The van der Waals surface area contributed by atoms with Crippen molar-refractivity contribution in [2.24, 2.45) is 0 Å². The van der Waals surface area contributed by atoms with E-state index in [0.29, 0.717) is 0 Å². The molecule has 1 aliphatic carbocycles. The van der Waals surface area contributed by atoms with E-state index in [-0.39, 0.29) is 5.41 Å². The summed E-state index contributed by atoms with van der Waals surface area (Å²) < 4.78 is 0. The molecule has 2 nitrogen and oxygen atoms in total. The van der Waals surface area contributed by atoms with Crippen LogP contribution in [-0.4, -0.2) is 9.97 Å². The molecule has 17 heavy (non-hydrogen) atoms. The van der Waals surface area contributed by atoms with Crippen LogP contribution in [0.4, 0.5) is 0 Å². The van der Waals surface area contributed by atoms with E-state index in [1.807, 2.05) is 60.9 Å². The minimum Gasteiger partial charge on any atom is -0.260 e. The van der Waals surface area contributed by atoms with Crippen LogP contribution in [-0.2, 0) is 5.41 Å². The monoisotopic (exact) mass is 220 g/mol. The van der Waals surface area contributed by atoms with E-state index in [1.165, 1.54) is 0 Å². The molecule has 0 saturated carbocycles. The van der Waals surface area contributed by atoms with Crippen LogP contribution in [0.2, 0.25) is 0 Å². The molecule has 2 aromatic heterocycles. The summed E-state index contributed by atoms with van der Waals surface area (Å²) in [7, 11) is 0. The molecule has 0 saturated heterocycles. The first-order chi connectivity index (χ1) is 8.42. The molecular formula is C15H12N2. The lowest BCUT2D eigenvalue weighted by molar-refractivity contribution is 0.753. The second kappa shape index (κ2) is 3.98. The number of aromatic nitrogens is 2. The quantitative estimate of drug-likeness (QED) is 0.777. The Morgan fingerprint density at radius 2 is 1.24 bits per heavy atom. The van der Waals surface area contributed by atoms with Gasteiger partial charge in [-0.2, -0.15) is 0 Å². The molecule has 0 aliphatic heterocycles. The van der Waals surface area contributed by atoms with E-state index in [1.54, 1.807) is 0 Å². The van der Waals surface area contributed by atoms with Crippen molar-refractivity contribution in [3.05, 3.63) is 84.5 Å². The largest absolute Gasteiger partial charge is 0.260 e. The van der Waals surface area contributed by atoms with Crippen LogP contribution < -0.4 is 0 Å². The van der Waals surface area contributed by atoms with Gasteiger partial charge in [-0.15, -0.1) is 0 Å². The van der Waals surface area contributed by atoms with Gasteiger partial charge in [0.2, 0.25) is 0 Å². The number of nitrogens with zero attached hydrogens (tertiary/aromatic N) is 2. The minimum absolute atomic E-state index is 0.303. The van der Waals surface area contributed by atoms with Crippen molar-refractivity contribution < 1.29 is 0 Å². The lowest BCUT2D eigenvalue weighted by atomic mass is 9.82. The van der Waals surface area contributed by atoms with E-state index in [0.717, 1.165) is 11.4 Å². The van der Waals surface area contributed by atoms with Gasteiger partial charge in [0, 0.05) is 12.4 Å². The Balaban J connectivity index is 2.19. The molecule has 0 atom stereocenters. The molecule has 0 aromatic carbocycles. The van der Waals surface area contributed by atoms with Gasteiger partial charge in [0.05, 0.1) is 16.8 Å². The highest BCUT2D eigenvalue weighted by Crippen LogP contribution is 2.35. The Morgan fingerprint density at radius 3 is 1.65 bits per heavy atom. The molecule has 0 fully saturated rings. The lowest BCUT2D eigenvalue weighted by Gasteiger charge is -2.24. The van der Waals surface area contributed by atoms with Crippen molar-refractivity contribution in [2.45, 2.75) is 5.41 Å². The second-order valence-corrected chi connectivity index (χ2v) is 4.02. The van der Waals surface area contributed by atoms with Crippen LogP contribution in [0.15, 0.2) is 73.1 Å². The molecule has 0 N–H and O–H groups in total. The fourth-order valence-electron chi connectivity index (χ4n) is 2.16. The van der Waals surface area contributed by atoms with Crippen molar-refractivity contribution in [1.29, 1.82) is 0 Å². The molecule has 2 heterocycles. The molecule has 0 spiro atoms. The molecule has 0 amide bonds. The van der Waals surface area contributed by atoms with Gasteiger partial charge in [0.25, 0.3) is 0 Å². The highest BCUT2D eigenvalue weighted by atomic mass is 14.8. The van der Waals surface area contributed by atoms with E-state index in [4.69, 9.17) is 0 Å². The summed E-state index contributed by atoms with van der Waals surface area (Å²) in [5.41, 5.74) is 1.70. The number of pyridine rings is 2. The lowest BCUT2D eigenvalue weighted by Crippen LogP contribution is -2.23. The van der Waals surface area contributed by atoms with Crippen molar-refractivity contribution in [3.8, 4) is 0 Å². The fraction of sp³-hybridized carbons (Fsp3) is 0.0667. The molecule has 2 heteroatoms. The average Bonchev–Trinajstić information content (AvgIpc) is 2.91. The maximum Gasteiger partial charge on any atom is 0.0913 e. The summed E-state index contributed by atoms with van der Waals surface area (Å²) in [5.74, 6) is 0. The van der Waals surface area contributed by atoms with E-state index in [2.05, 4.69) is 22.1 Å². The first-order valence-electron chi connectivity index (χ1n) is 5.62. The molecular weight excluding hydrogens is 208 g/mol. The maximum absolute atomic E-state index is 4.47. The second-order valence-electron chi connectivity index (χ2n) is 4.02. The van der Waals surface area contributed by atoms with Crippen molar-refractivity contribution in [3.63, 3.8) is 0 Å². The maximum atomic E-state index is 4.47. The van der Waals surface area contributed by atoms with Crippen LogP contribution >= 0.6 is 0 Å². The van der Waals surface area contributed by atoms with E-state index >= 15 is 0 Å². The Hall–Kier alpha value is -2.22. The van der Waals surface area contributed by atoms with Gasteiger partial charge in [-0.25, -0.2) is 0 Å². The van der Waals surface area contributed by atoms with Gasteiger partial charge < -0.3 is 0 Å². The van der Waals surface area contributed by atoms with Crippen molar-refractivity contribution in [1.82, 2.24) is 9.97 Å². The Morgan fingerprint density at radius 1 is 0.706 bits per heavy atom. The molecule has 0 bridgehead atoms. The molecule has 0 unspecified atom stereocenters. The van der Waals surface area contributed by atoms with Gasteiger partial charge >= 0.3 is 0 Å². The highest BCUT2D eigenvalue weighted by molar-refractivity contribution is 5.48. The summed E-state index contributed by atoms with van der Waals surface area (Å²) in [6.45, 7) is 0. The van der Waals surface area contributed by atoms with Crippen LogP contribution in [0.5, 0.6) is 0 Å². The first-order valence-corrected chi connectivity index (χ1v) is 5.62. The zero-order valence-corrected chi connectivity index (χ0v) is 9.32. The Kier molecular flexibility index (Phi) is 2.33. The number of rotatable bonds is 2. The minimum atomic E-state index is -0.303. The summed E-state index contributed by atoms with van der Waals surface area (Å²) in [6.07, 6.45) is 12.0. The summed E-state index contributed by atoms with van der Waals surface area (Å²) in [4.78, 5) is 8.93. The van der Waals surface area contributed by atoms with E-state index in [9.17, 15) is 0 Å². The third kappa shape index (κ3) is 1.58. The Bertz CT molecular complexity index is 502. The highest BCUT2D eigenvalue weighted by Gasteiger charge is 2.32. The van der Waals surface area contributed by atoms with Crippen molar-refractivity contribution in [2.75, 3.05) is 0 Å². The summed E-state index contributed by atoms with van der Waals surface area (Å²) in [6, 6.07) is 11.9. The predicted molar refractivity (Wildman–Crippen MR) is 67.5 cm³/mol. The summed E-state index contributed by atoms with van der Waals surface area (Å²) >= 11 is 0. The molecule has 82 valence electrons. The van der Waals surface area contributed by atoms with Crippen LogP contribution in [0.1, 0.15) is 11.4 Å². The van der Waals surface area contributed by atoms with Gasteiger partial charge in [-0.1, -0.05) is 36.4 Å². The van der Waals surface area contributed by atoms with Gasteiger partial charge in [-0.3, -0.25) is 9.97 Å². The third-order valence-electron chi connectivity index (χ3n) is 3.01. The molecule has 1 aliphatic rings. The SMILES string of the molecule is C1=CC(c2ccccn2)(c2ccccn2)C=C1. The number of hydrogen-bond acceptors (Lipinski definition) is 2. The third-order valence-corrected chi connectivity index (χ3v) is 3.01. The predicted octanol–water partition coefficient (Wildman–Crippen LogP) is 2.89.